The smallest absolute Gasteiger partial charge is 0.345 e. The van der Waals surface area contributed by atoms with Crippen LogP contribution in [0.1, 0.15) is 18.1 Å². The quantitative estimate of drug-likeness (QED) is 0.475. The number of halogens is 1. The van der Waals surface area contributed by atoms with E-state index in [1.54, 1.807) is 6.92 Å². The molecule has 0 unspecified atom stereocenters. The van der Waals surface area contributed by atoms with Crippen LogP contribution >= 0.6 is 15.9 Å². The van der Waals surface area contributed by atoms with Gasteiger partial charge in [0.25, 0.3) is 0 Å². The summed E-state index contributed by atoms with van der Waals surface area (Å²) in [4.78, 5) is 11.2. The van der Waals surface area contributed by atoms with E-state index in [2.05, 4.69) is 27.8 Å². The highest BCUT2D eigenvalue weighted by molar-refractivity contribution is 9.12. The fourth-order valence-electron chi connectivity index (χ4n) is 1.08. The second-order valence-corrected chi connectivity index (χ2v) is 4.20. The molecule has 0 amide bonds. The van der Waals surface area contributed by atoms with E-state index in [4.69, 9.17) is 4.74 Å². The minimum Gasteiger partial charge on any atom is -0.462 e. The number of allylic oxidation sites excluding steroid dienone is 1. The predicted octanol–water partition coefficient (Wildman–Crippen LogP) is 3.19. The van der Waals surface area contributed by atoms with E-state index in [-0.39, 0.29) is 0 Å². The van der Waals surface area contributed by atoms with Gasteiger partial charge < -0.3 is 4.74 Å². The van der Waals surface area contributed by atoms with Gasteiger partial charge in [-0.2, -0.15) is 0 Å². The van der Waals surface area contributed by atoms with Crippen LogP contribution in [0.15, 0.2) is 34.8 Å². The first-order chi connectivity index (χ1) is 8.13. The molecule has 17 heavy (non-hydrogen) atoms. The van der Waals surface area contributed by atoms with Crippen molar-refractivity contribution in [1.82, 2.24) is 0 Å². The lowest BCUT2D eigenvalue weighted by Gasteiger charge is -1.97. The molecule has 0 atom stereocenters. The molecule has 0 heterocycles. The van der Waals surface area contributed by atoms with E-state index >= 15 is 0 Å². The molecule has 0 aliphatic rings. The summed E-state index contributed by atoms with van der Waals surface area (Å²) in [6.45, 7) is 4.14. The molecular formula is C14H13BrO2. The number of carbonyl (C=O) groups excluding carboxylic acids is 1. The summed E-state index contributed by atoms with van der Waals surface area (Å²) in [5.41, 5.74) is 2.11. The van der Waals surface area contributed by atoms with E-state index in [0.29, 0.717) is 11.1 Å². The second-order valence-electron chi connectivity index (χ2n) is 3.35. The molecule has 0 N–H and O–H groups in total. The van der Waals surface area contributed by atoms with Crippen LogP contribution in [0.3, 0.4) is 0 Å². The topological polar surface area (TPSA) is 26.3 Å². The van der Waals surface area contributed by atoms with Crippen molar-refractivity contribution >= 4 is 21.9 Å². The molecule has 1 rings (SSSR count). The number of hydrogen-bond acceptors (Lipinski definition) is 2. The van der Waals surface area contributed by atoms with Crippen molar-refractivity contribution in [2.24, 2.45) is 0 Å². The van der Waals surface area contributed by atoms with Gasteiger partial charge in [-0.05, 0) is 41.9 Å². The highest BCUT2D eigenvalue weighted by Crippen LogP contribution is 2.06. The Labute approximate surface area is 110 Å². The third-order valence-corrected chi connectivity index (χ3v) is 2.49. The first-order valence-corrected chi connectivity index (χ1v) is 6.03. The van der Waals surface area contributed by atoms with Crippen LogP contribution in [0.5, 0.6) is 0 Å². The molecular weight excluding hydrogens is 280 g/mol. The Hall–Kier alpha value is -1.53. The maximum absolute atomic E-state index is 11.2. The summed E-state index contributed by atoms with van der Waals surface area (Å²) in [5.74, 6) is 5.34. The monoisotopic (exact) mass is 292 g/mol. The number of benzene rings is 1. The number of rotatable bonds is 2. The van der Waals surface area contributed by atoms with Crippen LogP contribution in [0.2, 0.25) is 0 Å². The maximum Gasteiger partial charge on any atom is 0.345 e. The first kappa shape index (κ1) is 13.5. The SMILES string of the molecule is CCOC(=O)/C(Br)=C\C#Cc1ccc(C)cc1. The molecule has 0 aliphatic heterocycles. The summed E-state index contributed by atoms with van der Waals surface area (Å²) >= 11 is 3.11. The Morgan fingerprint density at radius 2 is 2.06 bits per heavy atom. The first-order valence-electron chi connectivity index (χ1n) is 5.24. The van der Waals surface area contributed by atoms with Crippen molar-refractivity contribution in [3.8, 4) is 11.8 Å². The van der Waals surface area contributed by atoms with Crippen LogP contribution < -0.4 is 0 Å². The Kier molecular flexibility index (Phi) is 5.51. The molecule has 0 radical (unpaired) electrons. The van der Waals surface area contributed by atoms with E-state index < -0.39 is 5.97 Å². The summed E-state index contributed by atoms with van der Waals surface area (Å²) in [5, 5.41) is 0. The summed E-state index contributed by atoms with van der Waals surface area (Å²) in [6, 6.07) is 7.87. The molecule has 3 heteroatoms. The molecule has 0 bridgehead atoms. The zero-order chi connectivity index (χ0) is 12.7. The summed E-state index contributed by atoms with van der Waals surface area (Å²) in [6.07, 6.45) is 1.50. The second kappa shape index (κ2) is 6.93. The largest absolute Gasteiger partial charge is 0.462 e. The van der Waals surface area contributed by atoms with Gasteiger partial charge in [0.2, 0.25) is 0 Å². The van der Waals surface area contributed by atoms with Gasteiger partial charge in [-0.25, -0.2) is 4.79 Å². The normalized spacial score (nSPS) is 10.4. The number of carbonyl (C=O) groups is 1. The Balaban J connectivity index is 2.70. The van der Waals surface area contributed by atoms with Gasteiger partial charge in [0.1, 0.15) is 4.48 Å². The minimum atomic E-state index is -0.397. The van der Waals surface area contributed by atoms with Gasteiger partial charge in [-0.3, -0.25) is 0 Å². The maximum atomic E-state index is 11.2. The lowest BCUT2D eigenvalue weighted by atomic mass is 10.1. The van der Waals surface area contributed by atoms with E-state index in [1.165, 1.54) is 11.6 Å². The van der Waals surface area contributed by atoms with E-state index in [9.17, 15) is 4.79 Å². The van der Waals surface area contributed by atoms with Crippen molar-refractivity contribution in [2.75, 3.05) is 6.61 Å². The van der Waals surface area contributed by atoms with E-state index in [1.807, 2.05) is 31.2 Å². The fourth-order valence-corrected chi connectivity index (χ4v) is 1.31. The molecule has 0 aliphatic carbocycles. The van der Waals surface area contributed by atoms with Crippen LogP contribution in [0, 0.1) is 18.8 Å². The summed E-state index contributed by atoms with van der Waals surface area (Å²) in [7, 11) is 0. The molecule has 0 saturated heterocycles. The molecule has 88 valence electrons. The Morgan fingerprint density at radius 3 is 2.65 bits per heavy atom. The highest BCUT2D eigenvalue weighted by atomic mass is 79.9. The van der Waals surface area contributed by atoms with Crippen molar-refractivity contribution in [3.05, 3.63) is 46.0 Å². The van der Waals surface area contributed by atoms with Crippen molar-refractivity contribution in [2.45, 2.75) is 13.8 Å². The Bertz CT molecular complexity index is 475. The average molecular weight is 293 g/mol. The van der Waals surface area contributed by atoms with Gasteiger partial charge >= 0.3 is 5.97 Å². The summed E-state index contributed by atoms with van der Waals surface area (Å²) < 4.78 is 5.13. The molecule has 0 aromatic heterocycles. The number of esters is 1. The molecule has 0 fully saturated rings. The number of ether oxygens (including phenoxy) is 1. The van der Waals surface area contributed by atoms with Crippen LogP contribution in [0.25, 0.3) is 0 Å². The third-order valence-electron chi connectivity index (χ3n) is 1.94. The highest BCUT2D eigenvalue weighted by Gasteiger charge is 2.04. The van der Waals surface area contributed by atoms with Crippen LogP contribution in [0.4, 0.5) is 0 Å². The molecule has 2 nitrogen and oxygen atoms in total. The molecule has 1 aromatic rings. The molecule has 0 saturated carbocycles. The van der Waals surface area contributed by atoms with E-state index in [0.717, 1.165) is 5.56 Å². The zero-order valence-electron chi connectivity index (χ0n) is 9.79. The van der Waals surface area contributed by atoms with Crippen molar-refractivity contribution in [3.63, 3.8) is 0 Å². The van der Waals surface area contributed by atoms with Gasteiger partial charge in [0.05, 0.1) is 6.61 Å². The van der Waals surface area contributed by atoms with Gasteiger partial charge in [-0.15, -0.1) is 0 Å². The third kappa shape index (κ3) is 4.88. The van der Waals surface area contributed by atoms with Crippen molar-refractivity contribution < 1.29 is 9.53 Å². The zero-order valence-corrected chi connectivity index (χ0v) is 11.4. The minimum absolute atomic E-state index is 0.332. The van der Waals surface area contributed by atoms with Gasteiger partial charge in [0.15, 0.2) is 0 Å². The van der Waals surface area contributed by atoms with Crippen LogP contribution in [-0.4, -0.2) is 12.6 Å². The fraction of sp³-hybridized carbons (Fsp3) is 0.214. The van der Waals surface area contributed by atoms with Crippen molar-refractivity contribution in [1.29, 1.82) is 0 Å². The molecule has 0 spiro atoms. The lowest BCUT2D eigenvalue weighted by molar-refractivity contribution is -0.137. The standard InChI is InChI=1S/C14H13BrO2/c1-3-17-14(16)13(15)6-4-5-12-9-7-11(2)8-10-12/h6-10H,3H2,1-2H3/b13-6+. The number of aryl methyl sites for hydroxylation is 1. The number of hydrogen-bond donors (Lipinski definition) is 0. The van der Waals surface area contributed by atoms with Gasteiger partial charge in [-0.1, -0.05) is 29.5 Å². The lowest BCUT2D eigenvalue weighted by Crippen LogP contribution is -2.02. The average Bonchev–Trinajstić information content (AvgIpc) is 2.32. The van der Waals surface area contributed by atoms with Crippen LogP contribution in [-0.2, 0) is 9.53 Å². The predicted molar refractivity (Wildman–Crippen MR) is 71.7 cm³/mol. The van der Waals surface area contributed by atoms with Gasteiger partial charge in [0, 0.05) is 11.6 Å². The Morgan fingerprint density at radius 1 is 1.41 bits per heavy atom. The molecule has 1 aromatic carbocycles.